The van der Waals surface area contributed by atoms with Crippen molar-refractivity contribution in [2.24, 2.45) is 0 Å². The minimum Gasteiger partial charge on any atom is -0.307 e. The van der Waals surface area contributed by atoms with E-state index in [-0.39, 0.29) is 0 Å². The summed E-state index contributed by atoms with van der Waals surface area (Å²) in [5.41, 5.74) is 2.81. The minimum absolute atomic E-state index is 0.450. The lowest BCUT2D eigenvalue weighted by atomic mass is 10.0. The van der Waals surface area contributed by atoms with E-state index in [0.717, 1.165) is 6.54 Å². The van der Waals surface area contributed by atoms with E-state index in [9.17, 15) is 0 Å². The van der Waals surface area contributed by atoms with Crippen LogP contribution in [0.5, 0.6) is 0 Å². The Labute approximate surface area is 123 Å². The van der Waals surface area contributed by atoms with Crippen molar-refractivity contribution >= 4 is 0 Å². The molecule has 1 saturated heterocycles. The van der Waals surface area contributed by atoms with Gasteiger partial charge in [-0.3, -0.25) is 4.90 Å². The lowest BCUT2D eigenvalue weighted by Crippen LogP contribution is -2.43. The molecule has 1 aliphatic heterocycles. The summed E-state index contributed by atoms with van der Waals surface area (Å²) in [5.74, 6) is 0. The number of benzene rings is 1. The van der Waals surface area contributed by atoms with Crippen LogP contribution in [-0.4, -0.2) is 30.6 Å². The molecule has 0 aromatic heterocycles. The van der Waals surface area contributed by atoms with Gasteiger partial charge in [0.1, 0.15) is 0 Å². The van der Waals surface area contributed by atoms with Gasteiger partial charge in [0.25, 0.3) is 0 Å². The van der Waals surface area contributed by atoms with Gasteiger partial charge in [0.15, 0.2) is 0 Å². The van der Waals surface area contributed by atoms with Gasteiger partial charge in [-0.05, 0) is 52.3 Å². The fourth-order valence-electron chi connectivity index (χ4n) is 2.79. The van der Waals surface area contributed by atoms with Crippen LogP contribution in [0, 0.1) is 0 Å². The quantitative estimate of drug-likeness (QED) is 0.821. The molecule has 1 fully saturated rings. The maximum atomic E-state index is 3.78. The SMILES string of the molecule is CC(C)=CCN1CCC(NC(C)c2ccccc2)CC1. The predicted octanol–water partition coefficient (Wildman–Crippen LogP) is 3.77. The third-order valence-electron chi connectivity index (χ3n) is 4.13. The summed E-state index contributed by atoms with van der Waals surface area (Å²) in [5, 5.41) is 3.78. The summed E-state index contributed by atoms with van der Waals surface area (Å²) in [6, 6.07) is 11.9. The molecule has 1 aliphatic rings. The molecule has 110 valence electrons. The van der Waals surface area contributed by atoms with E-state index < -0.39 is 0 Å². The van der Waals surface area contributed by atoms with E-state index in [4.69, 9.17) is 0 Å². The summed E-state index contributed by atoms with van der Waals surface area (Å²) in [7, 11) is 0. The van der Waals surface area contributed by atoms with Crippen molar-refractivity contribution in [3.63, 3.8) is 0 Å². The third kappa shape index (κ3) is 4.77. The van der Waals surface area contributed by atoms with Crippen molar-refractivity contribution in [1.29, 1.82) is 0 Å². The highest BCUT2D eigenvalue weighted by Crippen LogP contribution is 2.17. The molecule has 0 saturated carbocycles. The number of rotatable bonds is 5. The summed E-state index contributed by atoms with van der Waals surface area (Å²) in [6.07, 6.45) is 4.85. The lowest BCUT2D eigenvalue weighted by Gasteiger charge is -2.33. The van der Waals surface area contributed by atoms with Gasteiger partial charge in [0, 0.05) is 18.6 Å². The van der Waals surface area contributed by atoms with Crippen molar-refractivity contribution in [3.05, 3.63) is 47.5 Å². The van der Waals surface area contributed by atoms with Gasteiger partial charge in [-0.1, -0.05) is 42.0 Å². The van der Waals surface area contributed by atoms with E-state index >= 15 is 0 Å². The summed E-state index contributed by atoms with van der Waals surface area (Å²) < 4.78 is 0. The van der Waals surface area contributed by atoms with E-state index in [1.54, 1.807) is 0 Å². The predicted molar refractivity (Wildman–Crippen MR) is 86.9 cm³/mol. The maximum Gasteiger partial charge on any atom is 0.0294 e. The summed E-state index contributed by atoms with van der Waals surface area (Å²) in [6.45, 7) is 10.2. The van der Waals surface area contributed by atoms with Crippen LogP contribution < -0.4 is 5.32 Å². The van der Waals surface area contributed by atoms with Crippen molar-refractivity contribution < 1.29 is 0 Å². The third-order valence-corrected chi connectivity index (χ3v) is 4.13. The number of nitrogens with zero attached hydrogens (tertiary/aromatic N) is 1. The van der Waals surface area contributed by atoms with Crippen molar-refractivity contribution in [3.8, 4) is 0 Å². The van der Waals surface area contributed by atoms with E-state index in [2.05, 4.69) is 67.4 Å². The topological polar surface area (TPSA) is 15.3 Å². The molecule has 0 aliphatic carbocycles. The first-order valence-electron chi connectivity index (χ1n) is 7.82. The Morgan fingerprint density at radius 1 is 1.25 bits per heavy atom. The highest BCUT2D eigenvalue weighted by Gasteiger charge is 2.19. The van der Waals surface area contributed by atoms with Crippen LogP contribution in [0.25, 0.3) is 0 Å². The molecule has 2 nitrogen and oxygen atoms in total. The number of piperidine rings is 1. The van der Waals surface area contributed by atoms with Gasteiger partial charge >= 0.3 is 0 Å². The van der Waals surface area contributed by atoms with Gasteiger partial charge < -0.3 is 5.32 Å². The van der Waals surface area contributed by atoms with Crippen LogP contribution in [0.3, 0.4) is 0 Å². The smallest absolute Gasteiger partial charge is 0.0294 e. The Morgan fingerprint density at radius 2 is 1.90 bits per heavy atom. The van der Waals surface area contributed by atoms with Gasteiger partial charge in [0.05, 0.1) is 0 Å². The fourth-order valence-corrected chi connectivity index (χ4v) is 2.79. The molecule has 1 unspecified atom stereocenters. The van der Waals surface area contributed by atoms with Gasteiger partial charge in [0.2, 0.25) is 0 Å². The summed E-state index contributed by atoms with van der Waals surface area (Å²) in [4.78, 5) is 2.55. The van der Waals surface area contributed by atoms with Crippen LogP contribution in [0.1, 0.15) is 45.2 Å². The van der Waals surface area contributed by atoms with Crippen molar-refractivity contribution in [2.45, 2.75) is 45.7 Å². The number of nitrogens with one attached hydrogen (secondary N) is 1. The first-order chi connectivity index (χ1) is 9.65. The van der Waals surface area contributed by atoms with E-state index in [0.29, 0.717) is 12.1 Å². The Bertz CT molecular complexity index is 412. The number of hydrogen-bond acceptors (Lipinski definition) is 2. The van der Waals surface area contributed by atoms with Gasteiger partial charge in [-0.2, -0.15) is 0 Å². The Morgan fingerprint density at radius 3 is 2.50 bits per heavy atom. The Balaban J connectivity index is 1.76. The average Bonchev–Trinajstić information content (AvgIpc) is 2.47. The van der Waals surface area contributed by atoms with E-state index in [1.807, 2.05) is 0 Å². The minimum atomic E-state index is 0.450. The zero-order valence-corrected chi connectivity index (χ0v) is 13.1. The average molecular weight is 272 g/mol. The fraction of sp³-hybridized carbons (Fsp3) is 0.556. The van der Waals surface area contributed by atoms with Gasteiger partial charge in [-0.25, -0.2) is 0 Å². The number of allylic oxidation sites excluding steroid dienone is 1. The molecule has 0 radical (unpaired) electrons. The second-order valence-electron chi connectivity index (χ2n) is 6.16. The standard InChI is InChI=1S/C18H28N2/c1-15(2)9-12-20-13-10-18(11-14-20)19-16(3)17-7-5-4-6-8-17/h4-9,16,18-19H,10-14H2,1-3H3. The molecular formula is C18H28N2. The molecule has 2 rings (SSSR count). The highest BCUT2D eigenvalue weighted by molar-refractivity contribution is 5.18. The molecule has 1 aromatic carbocycles. The lowest BCUT2D eigenvalue weighted by molar-refractivity contribution is 0.208. The molecule has 1 aromatic rings. The van der Waals surface area contributed by atoms with Crippen LogP contribution >= 0.6 is 0 Å². The Kier molecular flexibility index (Phi) is 5.81. The molecule has 2 heteroatoms. The molecule has 0 bridgehead atoms. The molecule has 1 atom stereocenters. The normalized spacial score (nSPS) is 18.8. The molecule has 1 N–H and O–H groups in total. The van der Waals surface area contributed by atoms with Crippen molar-refractivity contribution in [2.75, 3.05) is 19.6 Å². The molecule has 1 heterocycles. The largest absolute Gasteiger partial charge is 0.307 e. The first kappa shape index (κ1) is 15.3. The van der Waals surface area contributed by atoms with Crippen LogP contribution in [0.2, 0.25) is 0 Å². The van der Waals surface area contributed by atoms with Crippen molar-refractivity contribution in [1.82, 2.24) is 10.2 Å². The van der Waals surface area contributed by atoms with Crippen LogP contribution in [-0.2, 0) is 0 Å². The zero-order valence-electron chi connectivity index (χ0n) is 13.1. The van der Waals surface area contributed by atoms with Crippen LogP contribution in [0.4, 0.5) is 0 Å². The second kappa shape index (κ2) is 7.61. The molecular weight excluding hydrogens is 244 g/mol. The molecule has 0 spiro atoms. The summed E-state index contributed by atoms with van der Waals surface area (Å²) >= 11 is 0. The second-order valence-corrected chi connectivity index (χ2v) is 6.16. The number of hydrogen-bond donors (Lipinski definition) is 1. The molecule has 0 amide bonds. The Hall–Kier alpha value is -1.12. The van der Waals surface area contributed by atoms with Crippen LogP contribution in [0.15, 0.2) is 42.0 Å². The van der Waals surface area contributed by atoms with E-state index in [1.165, 1.54) is 37.1 Å². The maximum absolute atomic E-state index is 3.78. The first-order valence-corrected chi connectivity index (χ1v) is 7.82. The highest BCUT2D eigenvalue weighted by atomic mass is 15.1. The molecule has 20 heavy (non-hydrogen) atoms. The monoisotopic (exact) mass is 272 g/mol. The van der Waals surface area contributed by atoms with Gasteiger partial charge in [-0.15, -0.1) is 0 Å². The number of likely N-dealkylation sites (tertiary alicyclic amines) is 1. The zero-order chi connectivity index (χ0) is 14.4.